The van der Waals surface area contributed by atoms with Crippen LogP contribution in [0.4, 0.5) is 0 Å². The van der Waals surface area contributed by atoms with Crippen molar-refractivity contribution < 1.29 is 14.6 Å². The van der Waals surface area contributed by atoms with Crippen LogP contribution in [0.3, 0.4) is 0 Å². The van der Waals surface area contributed by atoms with E-state index < -0.39 is 5.97 Å². The summed E-state index contributed by atoms with van der Waals surface area (Å²) in [6, 6.07) is 9.58. The Bertz CT molecular complexity index is 377. The van der Waals surface area contributed by atoms with Crippen molar-refractivity contribution >= 4 is 12.0 Å². The molecule has 0 aromatic heterocycles. The summed E-state index contributed by atoms with van der Waals surface area (Å²) in [5.74, 6) is -0.712. The average molecular weight is 204 g/mol. The fourth-order valence-corrected chi connectivity index (χ4v) is 1.04. The summed E-state index contributed by atoms with van der Waals surface area (Å²) in [5.41, 5.74) is 0.992. The third-order valence-corrected chi connectivity index (χ3v) is 1.74. The number of methoxy groups -OCH3 is 1. The van der Waals surface area contributed by atoms with Gasteiger partial charge in [0.25, 0.3) is 0 Å². The van der Waals surface area contributed by atoms with Gasteiger partial charge >= 0.3 is 5.97 Å². The lowest BCUT2D eigenvalue weighted by molar-refractivity contribution is -0.131. The first-order valence-electron chi connectivity index (χ1n) is 4.44. The van der Waals surface area contributed by atoms with E-state index in [0.717, 1.165) is 11.6 Å². The molecule has 0 radical (unpaired) electrons. The van der Waals surface area contributed by atoms with E-state index in [-0.39, 0.29) is 0 Å². The molecular formula is C12H12O3. The summed E-state index contributed by atoms with van der Waals surface area (Å²) in [6.07, 6.45) is 4.42. The monoisotopic (exact) mass is 204 g/mol. The Labute approximate surface area is 88.3 Å². The normalized spacial score (nSPS) is 11.7. The molecule has 78 valence electrons. The fraction of sp³-hybridized carbons (Fsp3) is 0.0833. The first kappa shape index (κ1) is 11.0. The highest BCUT2D eigenvalue weighted by atomic mass is 16.5. The Morgan fingerprint density at radius 1 is 1.33 bits per heavy atom. The molecule has 0 aliphatic heterocycles. The van der Waals surface area contributed by atoms with E-state index in [1.165, 1.54) is 7.11 Å². The van der Waals surface area contributed by atoms with Crippen molar-refractivity contribution in [2.45, 2.75) is 0 Å². The molecule has 1 rings (SSSR count). The highest BCUT2D eigenvalue weighted by Crippen LogP contribution is 2.05. The summed E-state index contributed by atoms with van der Waals surface area (Å²) >= 11 is 0. The van der Waals surface area contributed by atoms with Gasteiger partial charge in [-0.25, -0.2) is 4.79 Å². The zero-order chi connectivity index (χ0) is 11.1. The van der Waals surface area contributed by atoms with Gasteiger partial charge in [0.05, 0.1) is 13.2 Å². The van der Waals surface area contributed by atoms with Crippen LogP contribution in [0.15, 0.2) is 48.2 Å². The third kappa shape index (κ3) is 4.13. The molecule has 3 nitrogen and oxygen atoms in total. The topological polar surface area (TPSA) is 46.5 Å². The molecule has 0 unspecified atom stereocenters. The number of ether oxygens (including phenoxy) is 1. The Morgan fingerprint density at radius 2 is 2.00 bits per heavy atom. The van der Waals surface area contributed by atoms with E-state index in [1.54, 1.807) is 12.2 Å². The maximum absolute atomic E-state index is 10.4. The number of carboxylic acid groups (broad SMARTS) is 1. The van der Waals surface area contributed by atoms with Crippen LogP contribution in [0.1, 0.15) is 5.56 Å². The van der Waals surface area contributed by atoms with Crippen LogP contribution in [-0.2, 0) is 9.53 Å². The Morgan fingerprint density at radius 3 is 2.53 bits per heavy atom. The molecule has 1 N–H and O–H groups in total. The van der Waals surface area contributed by atoms with Gasteiger partial charge in [-0.1, -0.05) is 36.4 Å². The molecule has 0 aliphatic carbocycles. The van der Waals surface area contributed by atoms with Gasteiger partial charge in [0.15, 0.2) is 0 Å². The number of hydrogen-bond acceptors (Lipinski definition) is 2. The van der Waals surface area contributed by atoms with Crippen LogP contribution in [0.5, 0.6) is 0 Å². The van der Waals surface area contributed by atoms with Gasteiger partial charge in [-0.05, 0) is 11.6 Å². The first-order valence-corrected chi connectivity index (χ1v) is 4.44. The summed E-state index contributed by atoms with van der Waals surface area (Å²) in [7, 11) is 1.43. The number of rotatable bonds is 4. The predicted molar refractivity (Wildman–Crippen MR) is 58.2 cm³/mol. The SMILES string of the molecule is COC(=C\C(=O)O)/C=C/c1ccccc1. The quantitative estimate of drug-likeness (QED) is 0.465. The molecule has 1 aromatic rings. The Balaban J connectivity index is 2.76. The highest BCUT2D eigenvalue weighted by Gasteiger charge is 1.94. The average Bonchev–Trinajstić information content (AvgIpc) is 2.25. The lowest BCUT2D eigenvalue weighted by Gasteiger charge is -1.98. The smallest absolute Gasteiger partial charge is 0.332 e. The molecule has 0 saturated heterocycles. The van der Waals surface area contributed by atoms with Gasteiger partial charge in [-0.3, -0.25) is 0 Å². The van der Waals surface area contributed by atoms with Crippen LogP contribution in [-0.4, -0.2) is 18.2 Å². The second kappa shape index (κ2) is 5.65. The van der Waals surface area contributed by atoms with Crippen molar-refractivity contribution in [2.24, 2.45) is 0 Å². The standard InChI is InChI=1S/C12H12O3/c1-15-11(9-12(13)14)8-7-10-5-3-2-4-6-10/h2-9H,1H3,(H,13,14)/b8-7+,11-9-. The molecule has 15 heavy (non-hydrogen) atoms. The molecule has 0 aliphatic rings. The minimum atomic E-state index is -1.02. The molecule has 0 fully saturated rings. The highest BCUT2D eigenvalue weighted by molar-refractivity contribution is 5.81. The molecule has 3 heteroatoms. The number of benzene rings is 1. The molecule has 1 aromatic carbocycles. The van der Waals surface area contributed by atoms with Gasteiger partial charge in [0.1, 0.15) is 5.76 Å². The van der Waals surface area contributed by atoms with Gasteiger partial charge in [0, 0.05) is 0 Å². The van der Waals surface area contributed by atoms with E-state index >= 15 is 0 Å². The first-order chi connectivity index (χ1) is 7.22. The van der Waals surface area contributed by atoms with Gasteiger partial charge in [0.2, 0.25) is 0 Å². The zero-order valence-electron chi connectivity index (χ0n) is 8.38. The van der Waals surface area contributed by atoms with Crippen LogP contribution < -0.4 is 0 Å². The lowest BCUT2D eigenvalue weighted by atomic mass is 10.2. The minimum Gasteiger partial charge on any atom is -0.496 e. The maximum atomic E-state index is 10.4. The third-order valence-electron chi connectivity index (χ3n) is 1.74. The van der Waals surface area contributed by atoms with Gasteiger partial charge < -0.3 is 9.84 Å². The summed E-state index contributed by atoms with van der Waals surface area (Å²) in [4.78, 5) is 10.4. The largest absolute Gasteiger partial charge is 0.496 e. The van der Waals surface area contributed by atoms with Crippen molar-refractivity contribution in [1.82, 2.24) is 0 Å². The second-order valence-corrected chi connectivity index (χ2v) is 2.83. The van der Waals surface area contributed by atoms with Crippen molar-refractivity contribution in [3.8, 4) is 0 Å². The number of carbonyl (C=O) groups is 1. The van der Waals surface area contributed by atoms with E-state index in [0.29, 0.717) is 5.76 Å². The molecule has 0 spiro atoms. The maximum Gasteiger partial charge on any atom is 0.332 e. The van der Waals surface area contributed by atoms with E-state index in [1.807, 2.05) is 30.3 Å². The lowest BCUT2D eigenvalue weighted by Crippen LogP contribution is -1.92. The number of hydrogen-bond donors (Lipinski definition) is 1. The minimum absolute atomic E-state index is 0.311. The second-order valence-electron chi connectivity index (χ2n) is 2.83. The Hall–Kier alpha value is -2.03. The molecular weight excluding hydrogens is 192 g/mol. The molecule has 0 saturated carbocycles. The molecule has 0 amide bonds. The van der Waals surface area contributed by atoms with E-state index in [2.05, 4.69) is 0 Å². The van der Waals surface area contributed by atoms with Gasteiger partial charge in [-0.2, -0.15) is 0 Å². The number of carboxylic acids is 1. The van der Waals surface area contributed by atoms with Crippen LogP contribution in [0, 0.1) is 0 Å². The fourth-order valence-electron chi connectivity index (χ4n) is 1.04. The van der Waals surface area contributed by atoms with E-state index in [9.17, 15) is 4.79 Å². The van der Waals surface area contributed by atoms with Crippen LogP contribution in [0.25, 0.3) is 6.08 Å². The number of aliphatic carboxylic acids is 1. The molecule has 0 heterocycles. The van der Waals surface area contributed by atoms with Crippen molar-refractivity contribution in [1.29, 1.82) is 0 Å². The zero-order valence-corrected chi connectivity index (χ0v) is 8.38. The summed E-state index contributed by atoms with van der Waals surface area (Å²) in [6.45, 7) is 0. The van der Waals surface area contributed by atoms with Crippen molar-refractivity contribution in [3.63, 3.8) is 0 Å². The number of allylic oxidation sites excluding steroid dienone is 1. The Kier molecular flexibility index (Phi) is 4.16. The van der Waals surface area contributed by atoms with Gasteiger partial charge in [-0.15, -0.1) is 0 Å². The van der Waals surface area contributed by atoms with Crippen LogP contribution in [0.2, 0.25) is 0 Å². The van der Waals surface area contributed by atoms with Crippen molar-refractivity contribution in [2.75, 3.05) is 7.11 Å². The van der Waals surface area contributed by atoms with E-state index in [4.69, 9.17) is 9.84 Å². The predicted octanol–water partition coefficient (Wildman–Crippen LogP) is 2.31. The molecule has 0 atom stereocenters. The molecule has 0 bridgehead atoms. The van der Waals surface area contributed by atoms with Crippen LogP contribution >= 0.6 is 0 Å². The summed E-state index contributed by atoms with van der Waals surface area (Å²) < 4.78 is 4.88. The summed E-state index contributed by atoms with van der Waals surface area (Å²) in [5, 5.41) is 8.52. The van der Waals surface area contributed by atoms with Crippen molar-refractivity contribution in [3.05, 3.63) is 53.8 Å².